The first kappa shape index (κ1) is 26.6. The summed E-state index contributed by atoms with van der Waals surface area (Å²) < 4.78 is 31.2. The number of hydrogen-bond donors (Lipinski definition) is 1. The zero-order valence-corrected chi connectivity index (χ0v) is 22.9. The Morgan fingerprint density at radius 2 is 1.79 bits per heavy atom. The number of rotatable bonds is 7. The van der Waals surface area contributed by atoms with Crippen LogP contribution < -0.4 is 5.32 Å². The molecule has 1 aliphatic rings. The van der Waals surface area contributed by atoms with Gasteiger partial charge in [-0.1, -0.05) is 31.2 Å². The normalized spacial score (nSPS) is 16.3. The van der Waals surface area contributed by atoms with Gasteiger partial charge in [-0.25, -0.2) is 22.9 Å². The van der Waals surface area contributed by atoms with Gasteiger partial charge < -0.3 is 10.1 Å². The molecule has 1 saturated heterocycles. The molecule has 1 N–H and O–H groups in total. The average Bonchev–Trinajstić information content (AvgIpc) is 3.47. The Bertz CT molecular complexity index is 1660. The van der Waals surface area contributed by atoms with Gasteiger partial charge in [0.2, 0.25) is 0 Å². The summed E-state index contributed by atoms with van der Waals surface area (Å²) in [6, 6.07) is 15.9. The number of aryl methyl sites for hydroxylation is 2. The second-order valence-corrected chi connectivity index (χ2v) is 11.9. The molecule has 0 saturated carbocycles. The fourth-order valence-corrected chi connectivity index (χ4v) is 6.57. The summed E-state index contributed by atoms with van der Waals surface area (Å²) in [5.41, 5.74) is 4.98. The van der Waals surface area contributed by atoms with Gasteiger partial charge in [0.1, 0.15) is 0 Å². The van der Waals surface area contributed by atoms with Gasteiger partial charge in [-0.3, -0.25) is 4.79 Å². The van der Waals surface area contributed by atoms with Crippen LogP contribution in [-0.2, 0) is 21.0 Å². The minimum Gasteiger partial charge on any atom is -0.462 e. The van der Waals surface area contributed by atoms with Crippen LogP contribution in [0.15, 0.2) is 54.6 Å². The van der Waals surface area contributed by atoms with Crippen LogP contribution in [0.3, 0.4) is 0 Å². The van der Waals surface area contributed by atoms with Crippen LogP contribution in [-0.4, -0.2) is 53.2 Å². The first-order valence-corrected chi connectivity index (χ1v) is 14.8. The molecule has 2 aromatic heterocycles. The van der Waals surface area contributed by atoms with Crippen LogP contribution in [0.1, 0.15) is 58.3 Å². The summed E-state index contributed by atoms with van der Waals surface area (Å²) in [5.74, 6) is -0.693. The fourth-order valence-electron chi connectivity index (χ4n) is 4.88. The number of esters is 1. The molecule has 2 aromatic carbocycles. The number of benzene rings is 2. The number of carbonyl (C=O) groups excluding carboxylic acids is 2. The maximum atomic E-state index is 13.7. The van der Waals surface area contributed by atoms with Gasteiger partial charge in [0, 0.05) is 11.3 Å². The maximum Gasteiger partial charge on any atom is 0.338 e. The van der Waals surface area contributed by atoms with Gasteiger partial charge in [-0.15, -0.1) is 0 Å². The molecule has 39 heavy (non-hydrogen) atoms. The molecule has 1 atom stereocenters. The first-order valence-electron chi connectivity index (χ1n) is 13.0. The van der Waals surface area contributed by atoms with Crippen molar-refractivity contribution >= 4 is 38.4 Å². The molecule has 1 unspecified atom stereocenters. The summed E-state index contributed by atoms with van der Waals surface area (Å²) >= 11 is 0. The second-order valence-electron chi connectivity index (χ2n) is 9.64. The van der Waals surface area contributed by atoms with Gasteiger partial charge in [-0.05, 0) is 62.6 Å². The van der Waals surface area contributed by atoms with Crippen LogP contribution in [0.2, 0.25) is 0 Å². The van der Waals surface area contributed by atoms with E-state index in [9.17, 15) is 18.0 Å². The lowest BCUT2D eigenvalue weighted by atomic mass is 10.0. The largest absolute Gasteiger partial charge is 0.462 e. The van der Waals surface area contributed by atoms with E-state index in [4.69, 9.17) is 9.72 Å². The van der Waals surface area contributed by atoms with Gasteiger partial charge in [-0.2, -0.15) is 5.10 Å². The molecular formula is C29H30N4O5S. The number of carbonyl (C=O) groups is 2. The number of anilines is 1. The third-order valence-electron chi connectivity index (χ3n) is 6.95. The first-order chi connectivity index (χ1) is 18.7. The van der Waals surface area contributed by atoms with Crippen LogP contribution in [0, 0.1) is 6.92 Å². The summed E-state index contributed by atoms with van der Waals surface area (Å²) in [4.78, 5) is 30.5. The smallest absolute Gasteiger partial charge is 0.338 e. The standard InChI is InChI=1S/C29H30N4O5S/c1-4-19-6-8-20(9-7-19)25-16-24(28(34)30-22-12-10-21(11-13-22)29(35)38-5-2)26-18(3)32-33(27(26)31-25)23-14-15-39(36,37)17-23/h6-13,16,23H,4-5,14-15,17H2,1-3H3,(H,30,34). The fraction of sp³-hybridized carbons (Fsp3) is 0.310. The number of nitrogens with one attached hydrogen (secondary N) is 1. The molecule has 10 heteroatoms. The second kappa shape index (κ2) is 10.6. The average molecular weight is 547 g/mol. The van der Waals surface area contributed by atoms with Crippen molar-refractivity contribution in [2.45, 2.75) is 39.7 Å². The zero-order valence-electron chi connectivity index (χ0n) is 22.1. The number of fused-ring (bicyclic) bond motifs is 1. The quantitative estimate of drug-likeness (QED) is 0.332. The number of hydrogen-bond acceptors (Lipinski definition) is 7. The number of aromatic nitrogens is 3. The van der Waals surface area contributed by atoms with Crippen LogP contribution >= 0.6 is 0 Å². The number of pyridine rings is 1. The van der Waals surface area contributed by atoms with E-state index >= 15 is 0 Å². The van der Waals surface area contributed by atoms with Crippen molar-refractivity contribution in [3.8, 4) is 11.3 Å². The SMILES string of the molecule is CCOC(=O)c1ccc(NC(=O)c2cc(-c3ccc(CC)cc3)nc3c2c(C)nn3C2CCS(=O)(=O)C2)cc1. The summed E-state index contributed by atoms with van der Waals surface area (Å²) in [5, 5.41) is 8.15. The summed E-state index contributed by atoms with van der Waals surface area (Å²) in [6.07, 6.45) is 1.35. The topological polar surface area (TPSA) is 120 Å². The molecule has 0 spiro atoms. The van der Waals surface area contributed by atoms with E-state index in [1.54, 1.807) is 48.9 Å². The van der Waals surface area contributed by atoms with Crippen molar-refractivity contribution in [2.75, 3.05) is 23.4 Å². The highest BCUT2D eigenvalue weighted by Gasteiger charge is 2.32. The van der Waals surface area contributed by atoms with E-state index in [0.717, 1.165) is 12.0 Å². The Hall–Kier alpha value is -4.05. The van der Waals surface area contributed by atoms with Gasteiger partial charge in [0.05, 0.1) is 52.1 Å². The highest BCUT2D eigenvalue weighted by atomic mass is 32.2. The molecule has 5 rings (SSSR count). The van der Waals surface area contributed by atoms with Crippen molar-refractivity contribution in [3.05, 3.63) is 77.0 Å². The van der Waals surface area contributed by atoms with Crippen molar-refractivity contribution in [1.82, 2.24) is 14.8 Å². The van der Waals surface area contributed by atoms with Gasteiger partial charge >= 0.3 is 5.97 Å². The number of nitrogens with zero attached hydrogens (tertiary/aromatic N) is 3. The Kier molecular flexibility index (Phi) is 7.22. The molecule has 1 fully saturated rings. The lowest BCUT2D eigenvalue weighted by Gasteiger charge is -2.13. The van der Waals surface area contributed by atoms with E-state index in [2.05, 4.69) is 17.3 Å². The van der Waals surface area contributed by atoms with Crippen molar-refractivity contribution in [2.24, 2.45) is 0 Å². The van der Waals surface area contributed by atoms with E-state index in [1.165, 1.54) is 5.56 Å². The Labute approximate surface area is 227 Å². The van der Waals surface area contributed by atoms with Crippen LogP contribution in [0.5, 0.6) is 0 Å². The molecule has 1 aliphatic heterocycles. The van der Waals surface area contributed by atoms with E-state index < -0.39 is 15.8 Å². The number of amides is 1. The monoisotopic (exact) mass is 546 g/mol. The predicted octanol–water partition coefficient (Wildman–Crippen LogP) is 4.76. The lowest BCUT2D eigenvalue weighted by molar-refractivity contribution is 0.0526. The molecule has 3 heterocycles. The van der Waals surface area contributed by atoms with Crippen molar-refractivity contribution < 1.29 is 22.7 Å². The Morgan fingerprint density at radius 1 is 1.08 bits per heavy atom. The van der Waals surface area contributed by atoms with Gasteiger partial charge in [0.15, 0.2) is 15.5 Å². The third kappa shape index (κ3) is 5.42. The molecule has 0 aliphatic carbocycles. The predicted molar refractivity (Wildman–Crippen MR) is 150 cm³/mol. The summed E-state index contributed by atoms with van der Waals surface area (Å²) in [7, 11) is -3.15. The molecule has 4 aromatic rings. The Balaban J connectivity index is 1.58. The van der Waals surface area contributed by atoms with Crippen LogP contribution in [0.25, 0.3) is 22.3 Å². The van der Waals surface area contributed by atoms with E-state index in [1.807, 2.05) is 24.3 Å². The number of ether oxygens (including phenoxy) is 1. The molecule has 202 valence electrons. The van der Waals surface area contributed by atoms with E-state index in [-0.39, 0.29) is 30.1 Å². The lowest BCUT2D eigenvalue weighted by Crippen LogP contribution is -2.15. The summed E-state index contributed by atoms with van der Waals surface area (Å²) in [6.45, 7) is 5.89. The minimum atomic E-state index is -3.15. The zero-order chi connectivity index (χ0) is 27.7. The minimum absolute atomic E-state index is 0.00529. The third-order valence-corrected chi connectivity index (χ3v) is 8.70. The van der Waals surface area contributed by atoms with Crippen molar-refractivity contribution in [1.29, 1.82) is 0 Å². The number of sulfone groups is 1. The van der Waals surface area contributed by atoms with Crippen molar-refractivity contribution in [3.63, 3.8) is 0 Å². The highest BCUT2D eigenvalue weighted by molar-refractivity contribution is 7.91. The maximum absolute atomic E-state index is 13.7. The van der Waals surface area contributed by atoms with Gasteiger partial charge in [0.25, 0.3) is 5.91 Å². The molecule has 0 radical (unpaired) electrons. The molecular weight excluding hydrogens is 516 g/mol. The Morgan fingerprint density at radius 3 is 2.41 bits per heavy atom. The van der Waals surface area contributed by atoms with Crippen LogP contribution in [0.4, 0.5) is 5.69 Å². The van der Waals surface area contributed by atoms with E-state index in [0.29, 0.717) is 45.7 Å². The molecule has 0 bridgehead atoms. The molecule has 9 nitrogen and oxygen atoms in total. The molecule has 1 amide bonds. The highest BCUT2D eigenvalue weighted by Crippen LogP contribution is 2.32.